The monoisotopic (exact) mass is 456 g/mol. The maximum Gasteiger partial charge on any atom is 0.263 e. The fraction of sp³-hybridized carbons (Fsp3) is 0.278. The highest BCUT2D eigenvalue weighted by Gasteiger charge is 2.32. The molecule has 0 fully saturated rings. The van der Waals surface area contributed by atoms with E-state index >= 15 is 0 Å². The molecule has 1 aliphatic heterocycles. The van der Waals surface area contributed by atoms with Crippen LogP contribution in [0.2, 0.25) is 5.02 Å². The topological polar surface area (TPSA) is 66.5 Å². The molecule has 138 valence electrons. The molecule has 0 radical (unpaired) electrons. The molecule has 1 N–H and O–H groups in total. The number of rotatable bonds is 3. The van der Waals surface area contributed by atoms with Crippen molar-refractivity contribution in [2.75, 3.05) is 9.62 Å². The summed E-state index contributed by atoms with van der Waals surface area (Å²) in [5.41, 5.74) is 2.75. The van der Waals surface area contributed by atoms with Crippen LogP contribution in [0.25, 0.3) is 0 Å². The van der Waals surface area contributed by atoms with Crippen molar-refractivity contribution in [2.24, 2.45) is 0 Å². The molecular formula is C18H18BrClN2O3S. The number of hydrogen-bond acceptors (Lipinski definition) is 3. The minimum atomic E-state index is -3.86. The number of benzene rings is 2. The second kappa shape index (κ2) is 6.87. The van der Waals surface area contributed by atoms with E-state index in [1.165, 1.54) is 6.92 Å². The molecule has 2 aromatic carbocycles. The second-order valence-corrected chi connectivity index (χ2v) is 9.36. The highest BCUT2D eigenvalue weighted by atomic mass is 79.9. The van der Waals surface area contributed by atoms with Crippen LogP contribution in [0, 0.1) is 6.92 Å². The zero-order valence-electron chi connectivity index (χ0n) is 14.5. The average Bonchev–Trinajstić information content (AvgIpc) is 2.84. The molecule has 0 saturated heterocycles. The van der Waals surface area contributed by atoms with Gasteiger partial charge in [0.2, 0.25) is 5.91 Å². The third kappa shape index (κ3) is 3.48. The van der Waals surface area contributed by atoms with E-state index in [2.05, 4.69) is 20.7 Å². The number of amides is 1. The van der Waals surface area contributed by atoms with Gasteiger partial charge in [0, 0.05) is 28.1 Å². The van der Waals surface area contributed by atoms with Crippen LogP contribution < -0.4 is 9.62 Å². The minimum absolute atomic E-state index is 0.00418. The summed E-state index contributed by atoms with van der Waals surface area (Å²) in [4.78, 5) is 13.7. The third-order valence-corrected chi connectivity index (χ3v) is 6.98. The van der Waals surface area contributed by atoms with Crippen LogP contribution in [0.3, 0.4) is 0 Å². The molecule has 0 aliphatic carbocycles. The largest absolute Gasteiger partial charge is 0.309 e. The van der Waals surface area contributed by atoms with Gasteiger partial charge >= 0.3 is 0 Å². The summed E-state index contributed by atoms with van der Waals surface area (Å²) in [6.07, 6.45) is 0.689. The molecule has 26 heavy (non-hydrogen) atoms. The van der Waals surface area contributed by atoms with Crippen molar-refractivity contribution in [3.8, 4) is 0 Å². The van der Waals surface area contributed by atoms with Gasteiger partial charge in [-0.3, -0.25) is 9.52 Å². The van der Waals surface area contributed by atoms with Crippen molar-refractivity contribution in [2.45, 2.75) is 38.1 Å². The lowest BCUT2D eigenvalue weighted by Gasteiger charge is -2.21. The predicted molar refractivity (Wildman–Crippen MR) is 107 cm³/mol. The number of carbonyl (C=O) groups is 1. The number of sulfonamides is 1. The van der Waals surface area contributed by atoms with Gasteiger partial charge in [0.25, 0.3) is 10.0 Å². The van der Waals surface area contributed by atoms with E-state index in [-0.39, 0.29) is 16.8 Å². The maximum absolute atomic E-state index is 13.0. The van der Waals surface area contributed by atoms with Gasteiger partial charge in [0.1, 0.15) is 4.90 Å². The standard InChI is InChI=1S/C18H18BrClN2O3S/c1-10-4-5-14(20)8-16(10)21-26(24,25)18-9-17-13(7-15(18)19)6-11(2)22(17)12(3)23/h4-5,7-9,11,21H,6H2,1-3H3. The Balaban J connectivity index is 2.06. The van der Waals surface area contributed by atoms with Crippen LogP contribution in [0.15, 0.2) is 39.7 Å². The summed E-state index contributed by atoms with van der Waals surface area (Å²) in [6, 6.07) is 8.33. The first-order valence-corrected chi connectivity index (χ1v) is 10.7. The van der Waals surface area contributed by atoms with E-state index < -0.39 is 10.0 Å². The molecule has 0 bridgehead atoms. The zero-order valence-corrected chi connectivity index (χ0v) is 17.7. The molecule has 5 nitrogen and oxygen atoms in total. The van der Waals surface area contributed by atoms with Crippen LogP contribution in [-0.4, -0.2) is 20.4 Å². The maximum atomic E-state index is 13.0. The highest BCUT2D eigenvalue weighted by molar-refractivity contribution is 9.10. The van der Waals surface area contributed by atoms with Crippen molar-refractivity contribution in [3.05, 3.63) is 51.0 Å². The van der Waals surface area contributed by atoms with Crippen molar-refractivity contribution < 1.29 is 13.2 Å². The van der Waals surface area contributed by atoms with Gasteiger partial charge in [0.05, 0.1) is 5.69 Å². The molecule has 1 aliphatic rings. The lowest BCUT2D eigenvalue weighted by Crippen LogP contribution is -2.33. The fourth-order valence-corrected chi connectivity index (χ4v) is 5.61. The number of nitrogens with zero attached hydrogens (tertiary/aromatic N) is 1. The summed E-state index contributed by atoms with van der Waals surface area (Å²) >= 11 is 9.34. The van der Waals surface area contributed by atoms with Gasteiger partial charge in [-0.05, 0) is 71.6 Å². The Morgan fingerprint density at radius 1 is 1.31 bits per heavy atom. The van der Waals surface area contributed by atoms with E-state index in [1.54, 1.807) is 42.2 Å². The van der Waals surface area contributed by atoms with Crippen molar-refractivity contribution in [3.63, 3.8) is 0 Å². The van der Waals surface area contributed by atoms with Gasteiger partial charge in [-0.15, -0.1) is 0 Å². The van der Waals surface area contributed by atoms with E-state index in [1.807, 2.05) is 6.92 Å². The van der Waals surface area contributed by atoms with Crippen LogP contribution in [-0.2, 0) is 21.2 Å². The summed E-state index contributed by atoms with van der Waals surface area (Å²) in [6.45, 7) is 5.22. The Hall–Kier alpha value is -1.57. The number of nitrogens with one attached hydrogen (secondary N) is 1. The molecular weight excluding hydrogens is 440 g/mol. The molecule has 0 saturated carbocycles. The SMILES string of the molecule is CC(=O)N1c2cc(S(=O)(=O)Nc3cc(Cl)ccc3C)c(Br)cc2CC1C. The highest BCUT2D eigenvalue weighted by Crippen LogP contribution is 2.38. The van der Waals surface area contributed by atoms with Gasteiger partial charge < -0.3 is 4.90 Å². The summed E-state index contributed by atoms with van der Waals surface area (Å²) in [5.74, 6) is -0.111. The fourth-order valence-electron chi connectivity index (χ4n) is 3.21. The van der Waals surface area contributed by atoms with Crippen molar-refractivity contribution in [1.82, 2.24) is 0 Å². The Labute approximate surface area is 166 Å². The molecule has 8 heteroatoms. The van der Waals surface area contributed by atoms with Gasteiger partial charge in [-0.25, -0.2) is 8.42 Å². The van der Waals surface area contributed by atoms with Crippen LogP contribution in [0.4, 0.5) is 11.4 Å². The normalized spacial score (nSPS) is 16.5. The molecule has 0 spiro atoms. The van der Waals surface area contributed by atoms with Crippen molar-refractivity contribution in [1.29, 1.82) is 0 Å². The quantitative estimate of drug-likeness (QED) is 0.737. The lowest BCUT2D eigenvalue weighted by molar-refractivity contribution is -0.116. The molecule has 1 heterocycles. The number of anilines is 2. The average molecular weight is 458 g/mol. The molecule has 3 rings (SSSR count). The van der Waals surface area contributed by atoms with E-state index in [0.29, 0.717) is 27.3 Å². The molecule has 1 amide bonds. The molecule has 2 aromatic rings. The summed E-state index contributed by atoms with van der Waals surface area (Å²) in [7, 11) is -3.86. The first-order valence-electron chi connectivity index (χ1n) is 8.01. The van der Waals surface area contributed by atoms with E-state index in [4.69, 9.17) is 11.6 Å². The van der Waals surface area contributed by atoms with Gasteiger partial charge in [-0.1, -0.05) is 17.7 Å². The number of aryl methyl sites for hydroxylation is 1. The minimum Gasteiger partial charge on any atom is -0.309 e. The van der Waals surface area contributed by atoms with Crippen molar-refractivity contribution >= 4 is 54.8 Å². The Morgan fingerprint density at radius 3 is 2.65 bits per heavy atom. The zero-order chi connectivity index (χ0) is 19.2. The smallest absolute Gasteiger partial charge is 0.263 e. The Morgan fingerprint density at radius 2 is 2.00 bits per heavy atom. The third-order valence-electron chi connectivity index (χ3n) is 4.42. The second-order valence-electron chi connectivity index (χ2n) is 6.42. The number of halogens is 2. The van der Waals surface area contributed by atoms with Crippen LogP contribution in [0.5, 0.6) is 0 Å². The first kappa shape index (κ1) is 19.2. The number of hydrogen-bond donors (Lipinski definition) is 1. The molecule has 1 atom stereocenters. The molecule has 1 unspecified atom stereocenters. The number of fused-ring (bicyclic) bond motifs is 1. The first-order chi connectivity index (χ1) is 12.1. The summed E-state index contributed by atoms with van der Waals surface area (Å²) < 4.78 is 29.0. The van der Waals surface area contributed by atoms with E-state index in [0.717, 1.165) is 11.1 Å². The van der Waals surface area contributed by atoms with Crippen LogP contribution >= 0.6 is 27.5 Å². The van der Waals surface area contributed by atoms with E-state index in [9.17, 15) is 13.2 Å². The van der Waals surface area contributed by atoms with Crippen LogP contribution in [0.1, 0.15) is 25.0 Å². The predicted octanol–water partition coefficient (Wildman–Crippen LogP) is 4.51. The summed E-state index contributed by atoms with van der Waals surface area (Å²) in [5, 5.41) is 0.442. The van der Waals surface area contributed by atoms with Gasteiger partial charge in [-0.2, -0.15) is 0 Å². The lowest BCUT2D eigenvalue weighted by atomic mass is 10.1. The Bertz CT molecular complexity index is 1010. The Kier molecular flexibility index (Phi) is 5.07. The van der Waals surface area contributed by atoms with Gasteiger partial charge in [0.15, 0.2) is 0 Å². The molecule has 0 aromatic heterocycles. The number of carbonyl (C=O) groups excluding carboxylic acids is 1.